The summed E-state index contributed by atoms with van der Waals surface area (Å²) in [6, 6.07) is 5.48. The van der Waals surface area contributed by atoms with Crippen molar-refractivity contribution in [3.63, 3.8) is 0 Å². The molecule has 1 aliphatic rings. The molecule has 3 atom stereocenters. The van der Waals surface area contributed by atoms with Gasteiger partial charge in [-0.3, -0.25) is 4.79 Å². The van der Waals surface area contributed by atoms with Gasteiger partial charge in [0.1, 0.15) is 5.60 Å². The maximum absolute atomic E-state index is 12.7. The van der Waals surface area contributed by atoms with E-state index in [-0.39, 0.29) is 40.7 Å². The predicted molar refractivity (Wildman–Crippen MR) is 112 cm³/mol. The van der Waals surface area contributed by atoms with E-state index >= 15 is 0 Å². The van der Waals surface area contributed by atoms with E-state index in [1.165, 1.54) is 24.3 Å². The molecule has 1 fully saturated rings. The van der Waals surface area contributed by atoms with Gasteiger partial charge in [-0.25, -0.2) is 13.2 Å². The van der Waals surface area contributed by atoms with Gasteiger partial charge in [0.15, 0.2) is 9.84 Å². The molecule has 0 radical (unpaired) electrons. The molecule has 162 valence electrons. The quantitative estimate of drug-likeness (QED) is 0.801. The SMILES string of the molecule is CCS(=O)(=O)c1ccc(C(=O)N[C@@H]2[C@H](C)CCN(C(=O)OC(C)(C)C)[C@@H]2C)cc1. The molecule has 2 amide bonds. The molecule has 8 heteroatoms. The van der Waals surface area contributed by atoms with Crippen LogP contribution in [0, 0.1) is 5.92 Å². The van der Waals surface area contributed by atoms with Crippen molar-refractivity contribution in [2.24, 2.45) is 5.92 Å². The van der Waals surface area contributed by atoms with Crippen molar-refractivity contribution in [1.29, 1.82) is 0 Å². The minimum atomic E-state index is -3.31. The normalized spacial score (nSPS) is 22.8. The molecule has 1 saturated heterocycles. The van der Waals surface area contributed by atoms with Crippen LogP contribution in [0.4, 0.5) is 4.79 Å². The Bertz CT molecular complexity index is 843. The van der Waals surface area contributed by atoms with Gasteiger partial charge in [-0.15, -0.1) is 0 Å². The van der Waals surface area contributed by atoms with Crippen LogP contribution in [0.25, 0.3) is 0 Å². The maximum atomic E-state index is 12.7. The van der Waals surface area contributed by atoms with Crippen molar-refractivity contribution in [3.8, 4) is 0 Å². The van der Waals surface area contributed by atoms with E-state index in [2.05, 4.69) is 5.32 Å². The van der Waals surface area contributed by atoms with Gasteiger partial charge >= 0.3 is 6.09 Å². The standard InChI is InChI=1S/C21H32N2O5S/c1-7-29(26,27)17-10-8-16(9-11-17)19(24)22-18-14(2)12-13-23(15(18)3)20(25)28-21(4,5)6/h8-11,14-15,18H,7,12-13H2,1-6H3,(H,22,24)/t14-,15-,18-/m1/s1. The van der Waals surface area contributed by atoms with Crippen LogP contribution in [0.15, 0.2) is 29.2 Å². The van der Waals surface area contributed by atoms with E-state index in [1.807, 2.05) is 34.6 Å². The van der Waals surface area contributed by atoms with Crippen molar-refractivity contribution < 1.29 is 22.7 Å². The summed E-state index contributed by atoms with van der Waals surface area (Å²) in [5, 5.41) is 3.02. The fourth-order valence-electron chi connectivity index (χ4n) is 3.45. The number of amides is 2. The second kappa shape index (κ2) is 8.73. The zero-order chi connectivity index (χ0) is 22.0. The number of hydrogen-bond donors (Lipinski definition) is 1. The Morgan fingerprint density at radius 1 is 1.17 bits per heavy atom. The first-order valence-corrected chi connectivity index (χ1v) is 11.6. The first-order chi connectivity index (χ1) is 13.4. The third kappa shape index (κ3) is 5.72. The third-order valence-electron chi connectivity index (χ3n) is 5.23. The van der Waals surface area contributed by atoms with E-state index in [1.54, 1.807) is 11.8 Å². The smallest absolute Gasteiger partial charge is 0.410 e. The zero-order valence-corrected chi connectivity index (χ0v) is 18.9. The molecular formula is C21H32N2O5S. The Kier molecular flexibility index (Phi) is 6.98. The van der Waals surface area contributed by atoms with Crippen molar-refractivity contribution in [3.05, 3.63) is 29.8 Å². The van der Waals surface area contributed by atoms with E-state index in [4.69, 9.17) is 4.74 Å². The fourth-order valence-corrected chi connectivity index (χ4v) is 4.34. The van der Waals surface area contributed by atoms with Crippen LogP contribution in [-0.4, -0.2) is 55.3 Å². The highest BCUT2D eigenvalue weighted by Crippen LogP contribution is 2.25. The summed E-state index contributed by atoms with van der Waals surface area (Å²) in [4.78, 5) is 27.1. The average Bonchev–Trinajstić information content (AvgIpc) is 2.63. The van der Waals surface area contributed by atoms with Crippen molar-refractivity contribution >= 4 is 21.8 Å². The number of nitrogens with zero attached hydrogens (tertiary/aromatic N) is 1. The topological polar surface area (TPSA) is 92.8 Å². The van der Waals surface area contributed by atoms with Crippen molar-refractivity contribution in [1.82, 2.24) is 10.2 Å². The minimum Gasteiger partial charge on any atom is -0.444 e. The summed E-state index contributed by atoms with van der Waals surface area (Å²) in [6.45, 7) is 11.6. The molecule has 7 nitrogen and oxygen atoms in total. The van der Waals surface area contributed by atoms with Crippen LogP contribution < -0.4 is 5.32 Å². The predicted octanol–water partition coefficient (Wildman–Crippen LogP) is 3.24. The lowest BCUT2D eigenvalue weighted by molar-refractivity contribution is 0.000871. The van der Waals surface area contributed by atoms with Crippen LogP contribution in [-0.2, 0) is 14.6 Å². The monoisotopic (exact) mass is 424 g/mol. The average molecular weight is 425 g/mol. The maximum Gasteiger partial charge on any atom is 0.410 e. The summed E-state index contributed by atoms with van der Waals surface area (Å²) in [5.74, 6) is -0.0940. The lowest BCUT2D eigenvalue weighted by Crippen LogP contribution is -2.59. The number of carbonyl (C=O) groups is 2. The Balaban J connectivity index is 2.12. The van der Waals surface area contributed by atoms with Crippen LogP contribution >= 0.6 is 0 Å². The Morgan fingerprint density at radius 2 is 1.76 bits per heavy atom. The lowest BCUT2D eigenvalue weighted by Gasteiger charge is -2.43. The Hall–Kier alpha value is -2.09. The first kappa shape index (κ1) is 23.2. The first-order valence-electron chi connectivity index (χ1n) is 9.99. The van der Waals surface area contributed by atoms with Gasteiger partial charge in [0, 0.05) is 12.1 Å². The Labute approximate surface area is 173 Å². The van der Waals surface area contributed by atoms with Gasteiger partial charge < -0.3 is 15.0 Å². The van der Waals surface area contributed by atoms with E-state index < -0.39 is 15.4 Å². The van der Waals surface area contributed by atoms with Gasteiger partial charge in [-0.1, -0.05) is 13.8 Å². The summed E-state index contributed by atoms with van der Waals surface area (Å²) in [6.07, 6.45) is 0.368. The lowest BCUT2D eigenvalue weighted by atomic mass is 9.87. The number of hydrogen-bond acceptors (Lipinski definition) is 5. The number of benzene rings is 1. The van der Waals surface area contributed by atoms with Crippen LogP contribution in [0.2, 0.25) is 0 Å². The highest BCUT2D eigenvalue weighted by Gasteiger charge is 2.38. The van der Waals surface area contributed by atoms with Crippen LogP contribution in [0.1, 0.15) is 58.3 Å². The minimum absolute atomic E-state index is 0.0101. The van der Waals surface area contributed by atoms with Crippen molar-refractivity contribution in [2.75, 3.05) is 12.3 Å². The summed E-state index contributed by atoms with van der Waals surface area (Å²) < 4.78 is 29.4. The molecule has 2 rings (SSSR count). The summed E-state index contributed by atoms with van der Waals surface area (Å²) in [5.41, 5.74) is -0.201. The van der Waals surface area contributed by atoms with E-state index in [9.17, 15) is 18.0 Å². The molecule has 1 aromatic rings. The Morgan fingerprint density at radius 3 is 2.28 bits per heavy atom. The molecule has 1 aliphatic heterocycles. The van der Waals surface area contributed by atoms with Gasteiger partial charge in [-0.05, 0) is 64.3 Å². The molecule has 1 aromatic carbocycles. The molecule has 0 unspecified atom stereocenters. The number of nitrogens with one attached hydrogen (secondary N) is 1. The molecule has 0 bridgehead atoms. The molecule has 1 N–H and O–H groups in total. The van der Waals surface area contributed by atoms with Gasteiger partial charge in [0.25, 0.3) is 5.91 Å². The summed E-state index contributed by atoms with van der Waals surface area (Å²) in [7, 11) is -3.31. The van der Waals surface area contributed by atoms with E-state index in [0.29, 0.717) is 12.1 Å². The third-order valence-corrected chi connectivity index (χ3v) is 6.98. The molecule has 0 aliphatic carbocycles. The van der Waals surface area contributed by atoms with Gasteiger partial charge in [0.2, 0.25) is 0 Å². The fraction of sp³-hybridized carbons (Fsp3) is 0.619. The van der Waals surface area contributed by atoms with Gasteiger partial charge in [-0.2, -0.15) is 0 Å². The van der Waals surface area contributed by atoms with E-state index in [0.717, 1.165) is 6.42 Å². The largest absolute Gasteiger partial charge is 0.444 e. The highest BCUT2D eigenvalue weighted by molar-refractivity contribution is 7.91. The molecular weight excluding hydrogens is 392 g/mol. The molecule has 0 spiro atoms. The molecule has 0 saturated carbocycles. The van der Waals surface area contributed by atoms with Gasteiger partial charge in [0.05, 0.1) is 22.7 Å². The van der Waals surface area contributed by atoms with Crippen molar-refractivity contribution in [2.45, 2.75) is 70.5 Å². The highest BCUT2D eigenvalue weighted by atomic mass is 32.2. The number of rotatable bonds is 4. The van der Waals surface area contributed by atoms with Crippen LogP contribution in [0.3, 0.4) is 0 Å². The number of piperidine rings is 1. The molecule has 1 heterocycles. The number of sulfone groups is 1. The summed E-state index contributed by atoms with van der Waals surface area (Å²) >= 11 is 0. The zero-order valence-electron chi connectivity index (χ0n) is 18.1. The second-order valence-electron chi connectivity index (χ2n) is 8.61. The molecule has 0 aromatic heterocycles. The van der Waals surface area contributed by atoms with Crippen LogP contribution in [0.5, 0.6) is 0 Å². The molecule has 29 heavy (non-hydrogen) atoms. The number of likely N-dealkylation sites (tertiary alicyclic amines) is 1. The second-order valence-corrected chi connectivity index (χ2v) is 10.9. The number of ether oxygens (including phenoxy) is 1. The number of carbonyl (C=O) groups excluding carboxylic acids is 2.